The number of ether oxygens (including phenoxy) is 1. The zero-order valence-electron chi connectivity index (χ0n) is 10.5. The number of benzene rings is 1. The van der Waals surface area contributed by atoms with Crippen molar-refractivity contribution >= 4 is 0 Å². The number of hydrogen-bond acceptors (Lipinski definition) is 3. The molecule has 0 saturated carbocycles. The molecule has 2 heterocycles. The lowest BCUT2D eigenvalue weighted by Crippen LogP contribution is -1.97. The van der Waals surface area contributed by atoms with Gasteiger partial charge in [-0.1, -0.05) is 18.2 Å². The van der Waals surface area contributed by atoms with Crippen molar-refractivity contribution in [3.8, 4) is 22.7 Å². The van der Waals surface area contributed by atoms with Gasteiger partial charge in [0.15, 0.2) is 0 Å². The molecule has 0 atom stereocenters. The minimum atomic E-state index is 0.790. The van der Waals surface area contributed by atoms with Crippen LogP contribution in [0.15, 0.2) is 61.1 Å². The van der Waals surface area contributed by atoms with Gasteiger partial charge < -0.3 is 4.74 Å². The predicted octanol–water partition coefficient (Wildman–Crippen LogP) is 2.94. The van der Waals surface area contributed by atoms with Crippen molar-refractivity contribution < 1.29 is 4.74 Å². The summed E-state index contributed by atoms with van der Waals surface area (Å²) in [5.74, 6) is 0.790. The van der Waals surface area contributed by atoms with Crippen molar-refractivity contribution in [3.63, 3.8) is 0 Å². The molecule has 4 nitrogen and oxygen atoms in total. The van der Waals surface area contributed by atoms with E-state index in [4.69, 9.17) is 4.74 Å². The Bertz CT molecular complexity index is 677. The van der Waals surface area contributed by atoms with Crippen LogP contribution in [0.5, 0.6) is 5.75 Å². The first-order valence-electron chi connectivity index (χ1n) is 5.98. The molecule has 0 aliphatic rings. The Labute approximate surface area is 111 Å². The van der Waals surface area contributed by atoms with Gasteiger partial charge in [0, 0.05) is 18.0 Å². The number of aromatic nitrogens is 3. The Hall–Kier alpha value is -2.62. The van der Waals surface area contributed by atoms with Crippen molar-refractivity contribution in [2.75, 3.05) is 7.11 Å². The van der Waals surface area contributed by atoms with E-state index in [2.05, 4.69) is 10.1 Å². The highest BCUT2D eigenvalue weighted by atomic mass is 16.5. The molecular formula is C15H13N3O. The lowest BCUT2D eigenvalue weighted by molar-refractivity contribution is 0.411. The number of para-hydroxylation sites is 2. The Morgan fingerprint density at radius 3 is 2.68 bits per heavy atom. The lowest BCUT2D eigenvalue weighted by Gasteiger charge is -2.07. The highest BCUT2D eigenvalue weighted by Crippen LogP contribution is 2.23. The van der Waals surface area contributed by atoms with E-state index in [1.54, 1.807) is 24.2 Å². The van der Waals surface area contributed by atoms with Gasteiger partial charge in [-0.3, -0.25) is 4.98 Å². The average molecular weight is 251 g/mol. The van der Waals surface area contributed by atoms with Crippen molar-refractivity contribution in [1.29, 1.82) is 0 Å². The van der Waals surface area contributed by atoms with E-state index in [1.807, 2.05) is 48.7 Å². The predicted molar refractivity (Wildman–Crippen MR) is 73.3 cm³/mol. The number of hydrogen-bond donors (Lipinski definition) is 0. The van der Waals surface area contributed by atoms with Crippen LogP contribution in [0.2, 0.25) is 0 Å². The maximum atomic E-state index is 5.34. The van der Waals surface area contributed by atoms with Gasteiger partial charge >= 0.3 is 0 Å². The second-order valence-corrected chi connectivity index (χ2v) is 4.06. The zero-order valence-corrected chi connectivity index (χ0v) is 10.5. The molecule has 3 rings (SSSR count). The third-order valence-electron chi connectivity index (χ3n) is 2.88. The van der Waals surface area contributed by atoms with Crippen LogP contribution in [-0.4, -0.2) is 21.9 Å². The first kappa shape index (κ1) is 11.5. The van der Waals surface area contributed by atoms with Crippen LogP contribution in [0.3, 0.4) is 0 Å². The molecule has 0 bridgehead atoms. The van der Waals surface area contributed by atoms with Crippen LogP contribution in [0.1, 0.15) is 0 Å². The minimum absolute atomic E-state index is 0.790. The molecular weight excluding hydrogens is 238 g/mol. The smallest absolute Gasteiger partial charge is 0.144 e. The number of methoxy groups -OCH3 is 1. The summed E-state index contributed by atoms with van der Waals surface area (Å²) >= 11 is 0. The van der Waals surface area contributed by atoms with Gasteiger partial charge in [0.05, 0.1) is 19.0 Å². The van der Waals surface area contributed by atoms with Gasteiger partial charge in [0.2, 0.25) is 0 Å². The SMILES string of the molecule is COc1ccccc1-n1cc(-c2ccccn2)cn1. The van der Waals surface area contributed by atoms with Crippen LogP contribution in [0, 0.1) is 0 Å². The Balaban J connectivity index is 2.02. The third-order valence-corrected chi connectivity index (χ3v) is 2.88. The van der Waals surface area contributed by atoms with Gasteiger partial charge in [0.25, 0.3) is 0 Å². The van der Waals surface area contributed by atoms with Crippen LogP contribution >= 0.6 is 0 Å². The van der Waals surface area contributed by atoms with E-state index < -0.39 is 0 Å². The highest BCUT2D eigenvalue weighted by Gasteiger charge is 2.07. The standard InChI is InChI=1S/C15H13N3O/c1-19-15-8-3-2-7-14(15)18-11-12(10-17-18)13-6-4-5-9-16-13/h2-11H,1H3. The van der Waals surface area contributed by atoms with E-state index in [0.29, 0.717) is 0 Å². The summed E-state index contributed by atoms with van der Waals surface area (Å²) in [6.45, 7) is 0. The van der Waals surface area contributed by atoms with Crippen LogP contribution < -0.4 is 4.74 Å². The largest absolute Gasteiger partial charge is 0.494 e. The fourth-order valence-electron chi connectivity index (χ4n) is 1.94. The van der Waals surface area contributed by atoms with Crippen molar-refractivity contribution in [2.45, 2.75) is 0 Å². The topological polar surface area (TPSA) is 39.9 Å². The highest BCUT2D eigenvalue weighted by molar-refractivity contribution is 5.58. The lowest BCUT2D eigenvalue weighted by atomic mass is 10.2. The first-order valence-corrected chi connectivity index (χ1v) is 5.98. The molecule has 0 amide bonds. The van der Waals surface area contributed by atoms with E-state index >= 15 is 0 Å². The fraction of sp³-hybridized carbons (Fsp3) is 0.0667. The number of pyridine rings is 1. The van der Waals surface area contributed by atoms with Gasteiger partial charge in [-0.15, -0.1) is 0 Å². The van der Waals surface area contributed by atoms with Crippen molar-refractivity contribution in [3.05, 3.63) is 61.1 Å². The maximum Gasteiger partial charge on any atom is 0.144 e. The quantitative estimate of drug-likeness (QED) is 0.718. The van der Waals surface area contributed by atoms with Gasteiger partial charge in [0.1, 0.15) is 11.4 Å². The van der Waals surface area contributed by atoms with E-state index in [9.17, 15) is 0 Å². The molecule has 0 spiro atoms. The van der Waals surface area contributed by atoms with Crippen molar-refractivity contribution in [1.82, 2.24) is 14.8 Å². The summed E-state index contributed by atoms with van der Waals surface area (Å²) in [6.07, 6.45) is 5.52. The van der Waals surface area contributed by atoms with Crippen LogP contribution in [0.25, 0.3) is 16.9 Å². The van der Waals surface area contributed by atoms with E-state index in [-0.39, 0.29) is 0 Å². The molecule has 0 fully saturated rings. The monoisotopic (exact) mass is 251 g/mol. The van der Waals surface area contributed by atoms with Crippen molar-refractivity contribution in [2.24, 2.45) is 0 Å². The molecule has 3 aromatic rings. The summed E-state index contributed by atoms with van der Waals surface area (Å²) in [4.78, 5) is 4.31. The minimum Gasteiger partial charge on any atom is -0.494 e. The summed E-state index contributed by atoms with van der Waals surface area (Å²) in [5.41, 5.74) is 2.79. The Morgan fingerprint density at radius 1 is 1.05 bits per heavy atom. The summed E-state index contributed by atoms with van der Waals surface area (Å²) in [5, 5.41) is 4.37. The second kappa shape index (κ2) is 4.94. The summed E-state index contributed by atoms with van der Waals surface area (Å²) < 4.78 is 7.13. The molecule has 0 saturated heterocycles. The van der Waals surface area contributed by atoms with Gasteiger partial charge in [-0.05, 0) is 24.3 Å². The molecule has 1 aromatic carbocycles. The Kier molecular flexibility index (Phi) is 2.98. The average Bonchev–Trinajstić information content (AvgIpc) is 2.98. The fourth-order valence-corrected chi connectivity index (χ4v) is 1.94. The van der Waals surface area contributed by atoms with Crippen LogP contribution in [-0.2, 0) is 0 Å². The van der Waals surface area contributed by atoms with E-state index in [1.165, 1.54) is 0 Å². The molecule has 0 aliphatic heterocycles. The maximum absolute atomic E-state index is 5.34. The summed E-state index contributed by atoms with van der Waals surface area (Å²) in [6, 6.07) is 13.6. The second-order valence-electron chi connectivity index (χ2n) is 4.06. The van der Waals surface area contributed by atoms with E-state index in [0.717, 1.165) is 22.7 Å². The molecule has 0 radical (unpaired) electrons. The molecule has 4 heteroatoms. The van der Waals surface area contributed by atoms with Gasteiger partial charge in [-0.25, -0.2) is 4.68 Å². The molecule has 0 aliphatic carbocycles. The number of nitrogens with zero attached hydrogens (tertiary/aromatic N) is 3. The Morgan fingerprint density at radius 2 is 1.89 bits per heavy atom. The normalized spacial score (nSPS) is 10.4. The molecule has 0 unspecified atom stereocenters. The third kappa shape index (κ3) is 2.20. The number of rotatable bonds is 3. The summed E-state index contributed by atoms with van der Waals surface area (Å²) in [7, 11) is 1.65. The molecule has 2 aromatic heterocycles. The zero-order chi connectivity index (χ0) is 13.1. The molecule has 0 N–H and O–H groups in total. The first-order chi connectivity index (χ1) is 9.38. The van der Waals surface area contributed by atoms with Gasteiger partial charge in [-0.2, -0.15) is 5.10 Å². The molecule has 19 heavy (non-hydrogen) atoms. The van der Waals surface area contributed by atoms with Crippen LogP contribution in [0.4, 0.5) is 0 Å². The molecule has 94 valence electrons.